The van der Waals surface area contributed by atoms with Crippen LogP contribution in [-0.4, -0.2) is 30.4 Å². The number of hydrogen-bond donors (Lipinski definition) is 0. The zero-order valence-corrected chi connectivity index (χ0v) is 17.5. The molecule has 150 valence electrons. The van der Waals surface area contributed by atoms with Crippen molar-refractivity contribution in [3.8, 4) is 0 Å². The number of thioether (sulfide) groups is 1. The topological polar surface area (TPSA) is 43.4 Å². The molecule has 0 N–H and O–H groups in total. The molecule has 0 aromatic heterocycles. The van der Waals surface area contributed by atoms with E-state index in [0.29, 0.717) is 5.75 Å². The van der Waals surface area contributed by atoms with E-state index in [1.807, 2.05) is 0 Å². The molecule has 4 heteroatoms. The average molecular weight is 399 g/mol. The first-order valence-electron chi connectivity index (χ1n) is 9.96. The summed E-state index contributed by atoms with van der Waals surface area (Å²) in [6, 6.07) is 19.4. The highest BCUT2D eigenvalue weighted by atomic mass is 32.2. The van der Waals surface area contributed by atoms with E-state index in [4.69, 9.17) is 0 Å². The van der Waals surface area contributed by atoms with Crippen molar-refractivity contribution in [1.82, 2.24) is 0 Å². The third kappa shape index (κ3) is 8.75. The Balaban J connectivity index is 1.60. The maximum Gasteiger partial charge on any atom is 0.313 e. The van der Waals surface area contributed by atoms with Crippen molar-refractivity contribution in [3.05, 3.63) is 71.3 Å². The largest absolute Gasteiger partial charge is 0.469 e. The summed E-state index contributed by atoms with van der Waals surface area (Å²) in [6.07, 6.45) is 6.70. The lowest BCUT2D eigenvalue weighted by molar-refractivity contribution is -0.142. The van der Waals surface area contributed by atoms with Gasteiger partial charge >= 0.3 is 5.97 Å². The van der Waals surface area contributed by atoms with Gasteiger partial charge < -0.3 is 4.74 Å². The Morgan fingerprint density at radius 3 is 2.29 bits per heavy atom. The molecule has 0 bridgehead atoms. The molecule has 3 nitrogen and oxygen atoms in total. The van der Waals surface area contributed by atoms with Gasteiger partial charge in [0, 0.05) is 0 Å². The zero-order valence-electron chi connectivity index (χ0n) is 16.7. The van der Waals surface area contributed by atoms with Crippen LogP contribution in [0, 0.1) is 0 Å². The number of ether oxygens (including phenoxy) is 1. The van der Waals surface area contributed by atoms with Crippen molar-refractivity contribution in [2.75, 3.05) is 18.6 Å². The Bertz CT molecular complexity index is 728. The van der Waals surface area contributed by atoms with Crippen LogP contribution in [0.2, 0.25) is 0 Å². The van der Waals surface area contributed by atoms with Crippen LogP contribution in [0.4, 0.5) is 0 Å². The van der Waals surface area contributed by atoms with Crippen molar-refractivity contribution in [3.63, 3.8) is 0 Å². The smallest absolute Gasteiger partial charge is 0.313 e. The van der Waals surface area contributed by atoms with Crippen molar-refractivity contribution in [1.29, 1.82) is 0 Å². The van der Waals surface area contributed by atoms with Crippen LogP contribution in [0.1, 0.15) is 48.8 Å². The third-order valence-electron chi connectivity index (χ3n) is 4.67. The zero-order chi connectivity index (χ0) is 20.0. The molecule has 2 rings (SSSR count). The molecule has 28 heavy (non-hydrogen) atoms. The van der Waals surface area contributed by atoms with Gasteiger partial charge in [0.05, 0.1) is 12.9 Å². The Morgan fingerprint density at radius 2 is 1.54 bits per heavy atom. The molecule has 0 fully saturated rings. The highest BCUT2D eigenvalue weighted by Crippen LogP contribution is 2.17. The SMILES string of the molecule is COC(=O)CC(=O)CSCCCCCCc1ccccc1Cc1ccccc1. The Kier molecular flexibility index (Phi) is 10.4. The number of benzene rings is 2. The number of ketones is 1. The van der Waals surface area contributed by atoms with Gasteiger partial charge in [0.1, 0.15) is 6.42 Å². The van der Waals surface area contributed by atoms with Gasteiger partial charge in [-0.05, 0) is 48.1 Å². The molecule has 0 atom stereocenters. The standard InChI is InChI=1S/C24H30O3S/c1-27-24(26)18-23(25)19-28-16-10-3-2-7-13-21-14-8-9-15-22(21)17-20-11-5-4-6-12-20/h4-6,8-9,11-12,14-15H,2-3,7,10,13,16-19H2,1H3. The first-order valence-corrected chi connectivity index (χ1v) is 11.1. The lowest BCUT2D eigenvalue weighted by atomic mass is 9.96. The van der Waals surface area contributed by atoms with Gasteiger partial charge in [0.15, 0.2) is 5.78 Å². The molecule has 0 aliphatic heterocycles. The van der Waals surface area contributed by atoms with E-state index in [1.54, 1.807) is 11.8 Å². The summed E-state index contributed by atoms with van der Waals surface area (Å²) < 4.78 is 4.50. The molecule has 0 aliphatic carbocycles. The summed E-state index contributed by atoms with van der Waals surface area (Å²) in [6.45, 7) is 0. The molecule has 0 spiro atoms. The summed E-state index contributed by atoms with van der Waals surface area (Å²) >= 11 is 1.61. The van der Waals surface area contributed by atoms with Crippen LogP contribution >= 0.6 is 11.8 Å². The van der Waals surface area contributed by atoms with Gasteiger partial charge in [-0.3, -0.25) is 9.59 Å². The van der Waals surface area contributed by atoms with Crippen molar-refractivity contribution >= 4 is 23.5 Å². The lowest BCUT2D eigenvalue weighted by Gasteiger charge is -2.10. The summed E-state index contributed by atoms with van der Waals surface area (Å²) in [4.78, 5) is 22.6. The van der Waals surface area contributed by atoms with Gasteiger partial charge in [-0.25, -0.2) is 0 Å². The fraction of sp³-hybridized carbons (Fsp3) is 0.417. The monoisotopic (exact) mass is 398 g/mol. The van der Waals surface area contributed by atoms with E-state index in [0.717, 1.165) is 25.0 Å². The fourth-order valence-electron chi connectivity index (χ4n) is 3.13. The van der Waals surface area contributed by atoms with Crippen molar-refractivity contribution in [2.45, 2.75) is 44.9 Å². The fourth-order valence-corrected chi connectivity index (χ4v) is 4.02. The van der Waals surface area contributed by atoms with E-state index in [9.17, 15) is 9.59 Å². The van der Waals surface area contributed by atoms with Gasteiger partial charge in [-0.1, -0.05) is 67.4 Å². The normalized spacial score (nSPS) is 10.6. The van der Waals surface area contributed by atoms with E-state index >= 15 is 0 Å². The second kappa shape index (κ2) is 13.2. The quantitative estimate of drug-likeness (QED) is 0.263. The number of hydrogen-bond acceptors (Lipinski definition) is 4. The number of carbonyl (C=O) groups is 2. The lowest BCUT2D eigenvalue weighted by Crippen LogP contribution is -2.11. The summed E-state index contributed by atoms with van der Waals surface area (Å²) in [5.41, 5.74) is 4.23. The minimum absolute atomic E-state index is 0.0492. The highest BCUT2D eigenvalue weighted by Gasteiger charge is 2.09. The summed E-state index contributed by atoms with van der Waals surface area (Å²) in [5, 5.41) is 0. The molecule has 0 saturated heterocycles. The number of methoxy groups -OCH3 is 1. The minimum atomic E-state index is -0.446. The molecule has 0 unspecified atom stereocenters. The van der Waals surface area contributed by atoms with E-state index in [-0.39, 0.29) is 12.2 Å². The Labute approximate surface area is 172 Å². The van der Waals surface area contributed by atoms with Crippen LogP contribution in [0.3, 0.4) is 0 Å². The van der Waals surface area contributed by atoms with Crippen LogP contribution in [0.25, 0.3) is 0 Å². The highest BCUT2D eigenvalue weighted by molar-refractivity contribution is 7.99. The molecule has 0 amide bonds. The van der Waals surface area contributed by atoms with Crippen LogP contribution in [0.15, 0.2) is 54.6 Å². The molecule has 0 saturated carbocycles. The maximum absolute atomic E-state index is 11.5. The number of rotatable bonds is 13. The van der Waals surface area contributed by atoms with Crippen LogP contribution in [-0.2, 0) is 27.2 Å². The Morgan fingerprint density at radius 1 is 0.857 bits per heavy atom. The second-order valence-corrected chi connectivity index (χ2v) is 8.04. The number of carbonyl (C=O) groups excluding carboxylic acids is 2. The first kappa shape index (κ1) is 22.2. The Hall–Kier alpha value is -2.07. The maximum atomic E-state index is 11.5. The van der Waals surface area contributed by atoms with Crippen molar-refractivity contribution in [2.24, 2.45) is 0 Å². The van der Waals surface area contributed by atoms with Gasteiger partial charge in [-0.2, -0.15) is 11.8 Å². The average Bonchev–Trinajstić information content (AvgIpc) is 2.71. The molecular formula is C24H30O3S. The minimum Gasteiger partial charge on any atom is -0.469 e. The molecular weight excluding hydrogens is 368 g/mol. The molecule has 0 aliphatic rings. The number of esters is 1. The third-order valence-corrected chi connectivity index (χ3v) is 5.78. The number of unbranched alkanes of at least 4 members (excludes halogenated alkanes) is 3. The molecule has 0 heterocycles. The summed E-state index contributed by atoms with van der Waals surface area (Å²) in [7, 11) is 1.31. The predicted octanol–water partition coefficient (Wildman–Crippen LogP) is 5.25. The molecule has 0 radical (unpaired) electrons. The summed E-state index contributed by atoms with van der Waals surface area (Å²) in [5.74, 6) is 0.879. The number of aryl methyl sites for hydroxylation is 1. The molecule has 2 aromatic carbocycles. The van der Waals surface area contributed by atoms with Gasteiger partial charge in [-0.15, -0.1) is 0 Å². The second-order valence-electron chi connectivity index (χ2n) is 6.94. The van der Waals surface area contributed by atoms with Crippen molar-refractivity contribution < 1.29 is 14.3 Å². The van der Waals surface area contributed by atoms with Crippen LogP contribution < -0.4 is 0 Å². The van der Waals surface area contributed by atoms with Crippen LogP contribution in [0.5, 0.6) is 0 Å². The van der Waals surface area contributed by atoms with Gasteiger partial charge in [0.25, 0.3) is 0 Å². The molecule has 2 aromatic rings. The first-order chi connectivity index (χ1) is 13.7. The van der Waals surface area contributed by atoms with Gasteiger partial charge in [0.2, 0.25) is 0 Å². The van der Waals surface area contributed by atoms with E-state index in [1.165, 1.54) is 43.1 Å². The predicted molar refractivity (Wildman–Crippen MR) is 117 cm³/mol. The van der Waals surface area contributed by atoms with E-state index in [2.05, 4.69) is 59.3 Å². The van der Waals surface area contributed by atoms with E-state index < -0.39 is 5.97 Å². The number of Topliss-reactive ketones (excluding diaryl/α,β-unsaturated/α-hetero) is 1.